The predicted octanol–water partition coefficient (Wildman–Crippen LogP) is 3.23. The van der Waals surface area contributed by atoms with Crippen molar-refractivity contribution in [2.24, 2.45) is 5.92 Å². The minimum absolute atomic E-state index is 0.0357. The summed E-state index contributed by atoms with van der Waals surface area (Å²) in [5.74, 6) is 0.828. The Balaban J connectivity index is 1.09. The van der Waals surface area contributed by atoms with E-state index in [0.29, 0.717) is 30.4 Å². The van der Waals surface area contributed by atoms with Gasteiger partial charge in [-0.1, -0.05) is 18.2 Å². The zero-order valence-corrected chi connectivity index (χ0v) is 23.6. The van der Waals surface area contributed by atoms with Crippen molar-refractivity contribution in [3.63, 3.8) is 0 Å². The minimum Gasteiger partial charge on any atom is -0.465 e. The molecule has 4 heterocycles. The number of likely N-dealkylation sites (tertiary alicyclic amines) is 2. The molecule has 3 saturated heterocycles. The summed E-state index contributed by atoms with van der Waals surface area (Å²) >= 11 is 0. The third-order valence-corrected chi connectivity index (χ3v) is 8.43. The topological polar surface area (TPSA) is 98.3 Å². The number of para-hydroxylation sites is 1. The summed E-state index contributed by atoms with van der Waals surface area (Å²) in [6.45, 7) is 8.16. The first-order chi connectivity index (χ1) is 19.4. The number of hydrogen-bond acceptors (Lipinski definition) is 7. The van der Waals surface area contributed by atoms with Gasteiger partial charge in [-0.15, -0.1) is 0 Å². The van der Waals surface area contributed by atoms with Gasteiger partial charge in [-0.05, 0) is 63.4 Å². The molecule has 1 atom stereocenters. The van der Waals surface area contributed by atoms with Crippen LogP contribution in [0.25, 0.3) is 0 Å². The molecule has 1 aromatic carbocycles. The van der Waals surface area contributed by atoms with E-state index in [0.717, 1.165) is 76.5 Å². The maximum atomic E-state index is 13.5. The molecule has 10 nitrogen and oxygen atoms in total. The number of benzene rings is 1. The van der Waals surface area contributed by atoms with E-state index in [-0.39, 0.29) is 17.9 Å². The van der Waals surface area contributed by atoms with Gasteiger partial charge in [-0.3, -0.25) is 9.69 Å². The van der Waals surface area contributed by atoms with E-state index in [1.807, 2.05) is 30.0 Å². The third kappa shape index (κ3) is 6.38. The predicted molar refractivity (Wildman–Crippen MR) is 153 cm³/mol. The Labute approximate surface area is 236 Å². The van der Waals surface area contributed by atoms with Crippen molar-refractivity contribution in [2.75, 3.05) is 69.7 Å². The van der Waals surface area contributed by atoms with Gasteiger partial charge < -0.3 is 24.8 Å². The van der Waals surface area contributed by atoms with Crippen LogP contribution in [0.3, 0.4) is 0 Å². The summed E-state index contributed by atoms with van der Waals surface area (Å²) in [5, 5.41) is 2.88. The number of methoxy groups -OCH3 is 1. The van der Waals surface area contributed by atoms with Crippen LogP contribution in [0.4, 0.5) is 16.3 Å². The van der Waals surface area contributed by atoms with E-state index in [9.17, 15) is 14.4 Å². The maximum Gasteiger partial charge on any atom is 0.339 e. The fourth-order valence-electron chi connectivity index (χ4n) is 6.17. The van der Waals surface area contributed by atoms with Crippen molar-refractivity contribution in [1.29, 1.82) is 0 Å². The second kappa shape index (κ2) is 12.7. The zero-order valence-electron chi connectivity index (χ0n) is 23.6. The molecule has 0 saturated carbocycles. The Bertz CT molecular complexity index is 1210. The van der Waals surface area contributed by atoms with Gasteiger partial charge in [0.05, 0.1) is 24.3 Å². The van der Waals surface area contributed by atoms with Crippen LogP contribution in [0, 0.1) is 12.8 Å². The van der Waals surface area contributed by atoms with E-state index >= 15 is 0 Å². The number of aromatic nitrogens is 1. The summed E-state index contributed by atoms with van der Waals surface area (Å²) in [4.78, 5) is 51.7. The number of piperidine rings is 2. The van der Waals surface area contributed by atoms with Crippen molar-refractivity contribution in [3.05, 3.63) is 53.7 Å². The number of pyridine rings is 1. The lowest BCUT2D eigenvalue weighted by Gasteiger charge is -2.43. The van der Waals surface area contributed by atoms with Gasteiger partial charge in [0.25, 0.3) is 0 Å². The Hall–Kier alpha value is -3.66. The standard InChI is InChI=1S/C30H40N6O4/c1-22-7-5-11-27(31-22)33-17-19-34(20-18-33)28(37)23-8-6-14-36(21-23)24-12-15-35(16-13-24)30(39)32-26-10-4-3-9-25(26)29(38)40-2/h3-5,7,9-11,23-24H,6,8,12-21H2,1-2H3,(H,32,39). The average Bonchev–Trinajstić information content (AvgIpc) is 3.01. The lowest BCUT2D eigenvalue weighted by molar-refractivity contribution is -0.138. The number of piperazine rings is 1. The first-order valence-electron chi connectivity index (χ1n) is 14.4. The Morgan fingerprint density at radius 1 is 0.875 bits per heavy atom. The molecule has 10 heteroatoms. The van der Waals surface area contributed by atoms with Gasteiger partial charge in [-0.2, -0.15) is 0 Å². The number of ether oxygens (including phenoxy) is 1. The largest absolute Gasteiger partial charge is 0.465 e. The fourth-order valence-corrected chi connectivity index (χ4v) is 6.17. The number of amides is 3. The number of carbonyl (C=O) groups excluding carboxylic acids is 3. The molecule has 40 heavy (non-hydrogen) atoms. The van der Waals surface area contributed by atoms with E-state index < -0.39 is 5.97 Å². The quantitative estimate of drug-likeness (QED) is 0.573. The molecule has 3 aliphatic rings. The minimum atomic E-state index is -0.478. The smallest absolute Gasteiger partial charge is 0.339 e. The number of carbonyl (C=O) groups is 3. The van der Waals surface area contributed by atoms with E-state index in [1.165, 1.54) is 7.11 Å². The number of hydrogen-bond donors (Lipinski definition) is 1. The SMILES string of the molecule is COC(=O)c1ccccc1NC(=O)N1CCC(N2CCCC(C(=O)N3CCN(c4cccc(C)n4)CC3)C2)CC1. The molecule has 2 aromatic rings. The van der Waals surface area contributed by atoms with Crippen molar-refractivity contribution < 1.29 is 19.1 Å². The van der Waals surface area contributed by atoms with Gasteiger partial charge >= 0.3 is 12.0 Å². The monoisotopic (exact) mass is 548 g/mol. The average molecular weight is 549 g/mol. The normalized spacial score (nSPS) is 20.8. The van der Waals surface area contributed by atoms with Crippen LogP contribution in [0.2, 0.25) is 0 Å². The van der Waals surface area contributed by atoms with E-state index in [4.69, 9.17) is 4.74 Å². The first-order valence-corrected chi connectivity index (χ1v) is 14.4. The molecule has 0 aliphatic carbocycles. The second-order valence-corrected chi connectivity index (χ2v) is 11.0. The van der Waals surface area contributed by atoms with Crippen molar-refractivity contribution in [1.82, 2.24) is 19.7 Å². The molecule has 3 amide bonds. The molecule has 5 rings (SSSR count). The summed E-state index contributed by atoms with van der Waals surface area (Å²) in [6.07, 6.45) is 3.70. The summed E-state index contributed by atoms with van der Waals surface area (Å²) in [6, 6.07) is 13.1. The van der Waals surface area contributed by atoms with Crippen LogP contribution in [-0.2, 0) is 9.53 Å². The molecule has 3 aliphatic heterocycles. The lowest BCUT2D eigenvalue weighted by Crippen LogP contribution is -2.55. The molecule has 1 N–H and O–H groups in total. The number of esters is 1. The number of nitrogens with one attached hydrogen (secondary N) is 1. The van der Waals surface area contributed by atoms with E-state index in [2.05, 4.69) is 20.1 Å². The van der Waals surface area contributed by atoms with Gasteiger partial charge in [0, 0.05) is 57.5 Å². The number of nitrogens with zero attached hydrogens (tertiary/aromatic N) is 5. The fraction of sp³-hybridized carbons (Fsp3) is 0.533. The molecule has 0 spiro atoms. The van der Waals surface area contributed by atoms with Crippen LogP contribution < -0.4 is 10.2 Å². The highest BCUT2D eigenvalue weighted by Crippen LogP contribution is 2.26. The highest BCUT2D eigenvalue weighted by atomic mass is 16.5. The van der Waals surface area contributed by atoms with Crippen molar-refractivity contribution in [2.45, 2.75) is 38.6 Å². The van der Waals surface area contributed by atoms with Crippen LogP contribution in [0.5, 0.6) is 0 Å². The van der Waals surface area contributed by atoms with Crippen LogP contribution in [0.1, 0.15) is 41.7 Å². The van der Waals surface area contributed by atoms with Gasteiger partial charge in [0.1, 0.15) is 5.82 Å². The van der Waals surface area contributed by atoms with Crippen LogP contribution >= 0.6 is 0 Å². The highest BCUT2D eigenvalue weighted by Gasteiger charge is 2.35. The molecule has 1 aromatic heterocycles. The number of aryl methyl sites for hydroxylation is 1. The van der Waals surface area contributed by atoms with Gasteiger partial charge in [0.2, 0.25) is 5.91 Å². The van der Waals surface area contributed by atoms with Crippen molar-refractivity contribution >= 4 is 29.4 Å². The van der Waals surface area contributed by atoms with Crippen LogP contribution in [0.15, 0.2) is 42.5 Å². The Kier molecular flexibility index (Phi) is 8.84. The third-order valence-electron chi connectivity index (χ3n) is 8.43. The number of urea groups is 1. The first kappa shape index (κ1) is 27.9. The van der Waals surface area contributed by atoms with Gasteiger partial charge in [0.15, 0.2) is 0 Å². The molecular formula is C30H40N6O4. The number of rotatable bonds is 5. The molecule has 214 valence electrons. The maximum absolute atomic E-state index is 13.5. The van der Waals surface area contributed by atoms with E-state index in [1.54, 1.807) is 29.2 Å². The molecular weight excluding hydrogens is 508 g/mol. The zero-order chi connectivity index (χ0) is 28.1. The van der Waals surface area contributed by atoms with Crippen LogP contribution in [-0.4, -0.2) is 103 Å². The summed E-state index contributed by atoms with van der Waals surface area (Å²) < 4.78 is 4.84. The van der Waals surface area contributed by atoms with Gasteiger partial charge in [-0.25, -0.2) is 14.6 Å². The Morgan fingerprint density at radius 3 is 2.35 bits per heavy atom. The lowest BCUT2D eigenvalue weighted by atomic mass is 9.92. The highest BCUT2D eigenvalue weighted by molar-refractivity contribution is 6.00. The summed E-state index contributed by atoms with van der Waals surface area (Å²) in [5.41, 5.74) is 1.80. The second-order valence-electron chi connectivity index (χ2n) is 11.0. The molecule has 3 fully saturated rings. The Morgan fingerprint density at radius 2 is 1.62 bits per heavy atom. The van der Waals surface area contributed by atoms with Crippen molar-refractivity contribution in [3.8, 4) is 0 Å². The summed E-state index contributed by atoms with van der Waals surface area (Å²) in [7, 11) is 1.33. The molecule has 0 radical (unpaired) electrons. The number of anilines is 2. The molecule has 0 bridgehead atoms. The molecule has 1 unspecified atom stereocenters.